The Morgan fingerprint density at radius 2 is 1.60 bits per heavy atom. The van der Waals surface area contributed by atoms with Gasteiger partial charge in [0.05, 0.1) is 19.2 Å². The molecule has 1 heterocycles. The van der Waals surface area contributed by atoms with Crippen LogP contribution in [0.4, 0.5) is 0 Å². The van der Waals surface area contributed by atoms with Gasteiger partial charge in [0.2, 0.25) is 0 Å². The van der Waals surface area contributed by atoms with Gasteiger partial charge in [-0.2, -0.15) is 0 Å². The molecule has 0 aliphatic carbocycles. The van der Waals surface area contributed by atoms with Crippen LogP contribution in [0.2, 0.25) is 0 Å². The molecule has 0 saturated heterocycles. The van der Waals surface area contributed by atoms with E-state index < -0.39 is 0 Å². The van der Waals surface area contributed by atoms with Crippen LogP contribution < -0.4 is 4.74 Å². The monoisotopic (exact) mass is 470 g/mol. The van der Waals surface area contributed by atoms with Gasteiger partial charge in [0.25, 0.3) is 0 Å². The Morgan fingerprint density at radius 3 is 2.31 bits per heavy atom. The van der Waals surface area contributed by atoms with Crippen LogP contribution in [0.25, 0.3) is 11.3 Å². The van der Waals surface area contributed by atoms with E-state index in [9.17, 15) is 4.79 Å². The maximum Gasteiger partial charge on any atom is 0.305 e. The largest absolute Gasteiger partial charge is 0.486 e. The number of carbonyl (C=O) groups is 1. The molecule has 0 unspecified atom stereocenters. The quantitative estimate of drug-likeness (QED) is 0.157. The minimum absolute atomic E-state index is 0.234. The highest BCUT2D eigenvalue weighted by molar-refractivity contribution is 6.01. The van der Waals surface area contributed by atoms with Crippen molar-refractivity contribution in [1.29, 1.82) is 0 Å². The second-order valence-electron chi connectivity index (χ2n) is 7.73. The highest BCUT2D eigenvalue weighted by Crippen LogP contribution is 2.20. The van der Waals surface area contributed by atoms with Crippen molar-refractivity contribution >= 4 is 11.7 Å². The molecule has 4 rings (SSSR count). The average Bonchev–Trinajstić information content (AvgIpc) is 3.40. The topological polar surface area (TPSA) is 83.2 Å². The first-order chi connectivity index (χ1) is 17.2. The van der Waals surface area contributed by atoms with E-state index in [2.05, 4.69) is 10.3 Å². The molecule has 0 radical (unpaired) electrons. The maximum absolute atomic E-state index is 11.5. The van der Waals surface area contributed by atoms with Crippen molar-refractivity contribution in [3.05, 3.63) is 108 Å². The van der Waals surface area contributed by atoms with Crippen LogP contribution in [0.3, 0.4) is 0 Å². The van der Waals surface area contributed by atoms with Gasteiger partial charge in [-0.05, 0) is 23.3 Å². The zero-order chi connectivity index (χ0) is 24.3. The van der Waals surface area contributed by atoms with Crippen molar-refractivity contribution in [2.45, 2.75) is 26.1 Å². The van der Waals surface area contributed by atoms with Crippen molar-refractivity contribution in [2.75, 3.05) is 7.11 Å². The van der Waals surface area contributed by atoms with Gasteiger partial charge in [-0.25, -0.2) is 0 Å². The van der Waals surface area contributed by atoms with Crippen molar-refractivity contribution in [3.8, 4) is 17.0 Å². The van der Waals surface area contributed by atoms with Crippen molar-refractivity contribution in [3.63, 3.8) is 0 Å². The van der Waals surface area contributed by atoms with Crippen LogP contribution in [0.1, 0.15) is 29.7 Å². The molecule has 35 heavy (non-hydrogen) atoms. The molecule has 1 aromatic heterocycles. The molecule has 4 aromatic rings. The van der Waals surface area contributed by atoms with Gasteiger partial charge >= 0.3 is 5.97 Å². The minimum atomic E-state index is -0.286. The number of benzene rings is 3. The van der Waals surface area contributed by atoms with Crippen molar-refractivity contribution in [2.24, 2.45) is 5.16 Å². The molecule has 0 amide bonds. The highest BCUT2D eigenvalue weighted by Gasteiger charge is 2.09. The second kappa shape index (κ2) is 12.2. The number of carbonyl (C=O) groups excluding carboxylic acids is 1. The summed E-state index contributed by atoms with van der Waals surface area (Å²) in [5.74, 6) is 1.06. The first kappa shape index (κ1) is 23.8. The fourth-order valence-corrected chi connectivity index (χ4v) is 3.34. The smallest absolute Gasteiger partial charge is 0.305 e. The van der Waals surface area contributed by atoms with Gasteiger partial charge in [0, 0.05) is 18.1 Å². The zero-order valence-electron chi connectivity index (χ0n) is 19.4. The van der Waals surface area contributed by atoms with E-state index in [-0.39, 0.29) is 25.6 Å². The normalized spacial score (nSPS) is 11.2. The number of nitrogens with zero attached hydrogens (tertiary/aromatic N) is 2. The molecule has 0 fully saturated rings. The molecule has 7 heteroatoms. The minimum Gasteiger partial charge on any atom is -0.486 e. The summed E-state index contributed by atoms with van der Waals surface area (Å²) in [5.41, 5.74) is 4.31. The van der Waals surface area contributed by atoms with Gasteiger partial charge in [0.15, 0.2) is 5.76 Å². The Labute approximate surface area is 203 Å². The average molecular weight is 471 g/mol. The molecule has 0 bridgehead atoms. The van der Waals surface area contributed by atoms with Crippen LogP contribution >= 0.6 is 0 Å². The molecule has 0 aliphatic rings. The van der Waals surface area contributed by atoms with Crippen LogP contribution in [0.15, 0.2) is 101 Å². The number of esters is 1. The molecule has 0 atom stereocenters. The summed E-state index contributed by atoms with van der Waals surface area (Å²) in [6, 6.07) is 28.9. The lowest BCUT2D eigenvalue weighted by Crippen LogP contribution is -2.08. The highest BCUT2D eigenvalue weighted by atomic mass is 16.6. The van der Waals surface area contributed by atoms with E-state index in [4.69, 9.17) is 18.8 Å². The van der Waals surface area contributed by atoms with Crippen LogP contribution in [0, 0.1) is 0 Å². The van der Waals surface area contributed by atoms with Gasteiger partial charge in [-0.15, -0.1) is 0 Å². The Morgan fingerprint density at radius 1 is 0.886 bits per heavy atom. The van der Waals surface area contributed by atoms with E-state index in [1.807, 2.05) is 91.0 Å². The number of aromatic nitrogens is 1. The first-order valence-electron chi connectivity index (χ1n) is 11.2. The molecule has 7 nitrogen and oxygen atoms in total. The summed E-state index contributed by atoms with van der Waals surface area (Å²) in [6.07, 6.45) is 0.661. The number of methoxy groups -OCH3 is 1. The van der Waals surface area contributed by atoms with Gasteiger partial charge in [0.1, 0.15) is 24.7 Å². The second-order valence-corrected chi connectivity index (χ2v) is 7.73. The lowest BCUT2D eigenvalue weighted by Gasteiger charge is -2.08. The first-order valence-corrected chi connectivity index (χ1v) is 11.2. The summed E-state index contributed by atoms with van der Waals surface area (Å²) < 4.78 is 15.9. The fraction of sp³-hybridized carbons (Fsp3) is 0.179. The summed E-state index contributed by atoms with van der Waals surface area (Å²) in [6.45, 7) is 0.567. The lowest BCUT2D eigenvalue weighted by molar-refractivity contribution is -0.140. The molecule has 0 saturated carbocycles. The number of rotatable bonds is 11. The van der Waals surface area contributed by atoms with Crippen LogP contribution in [0.5, 0.6) is 5.75 Å². The molecular weight excluding hydrogens is 444 g/mol. The van der Waals surface area contributed by atoms with E-state index in [0.29, 0.717) is 23.6 Å². The molecular formula is C28H26N2O5. The maximum atomic E-state index is 11.5. The predicted molar refractivity (Wildman–Crippen MR) is 132 cm³/mol. The number of hydrogen-bond acceptors (Lipinski definition) is 7. The fourth-order valence-electron chi connectivity index (χ4n) is 3.34. The third kappa shape index (κ3) is 7.04. The molecule has 3 aromatic carbocycles. The van der Waals surface area contributed by atoms with E-state index >= 15 is 0 Å². The number of hydrogen-bond donors (Lipinski definition) is 0. The van der Waals surface area contributed by atoms with Crippen LogP contribution in [-0.2, 0) is 27.6 Å². The molecule has 0 aliphatic heterocycles. The Balaban J connectivity index is 1.30. The SMILES string of the molecule is COC(=O)CC/C(=N/OCc1ccc(OCc2cc(-c3ccccc3)no2)cc1)c1ccccc1. The zero-order valence-corrected chi connectivity index (χ0v) is 19.4. The number of oxime groups is 1. The molecule has 0 N–H and O–H groups in total. The third-order valence-corrected chi connectivity index (χ3v) is 5.24. The number of ether oxygens (including phenoxy) is 2. The summed E-state index contributed by atoms with van der Waals surface area (Å²) in [7, 11) is 1.37. The third-order valence-electron chi connectivity index (χ3n) is 5.24. The van der Waals surface area contributed by atoms with Gasteiger partial charge < -0.3 is 18.8 Å². The van der Waals surface area contributed by atoms with E-state index in [0.717, 1.165) is 22.4 Å². The van der Waals surface area contributed by atoms with Crippen molar-refractivity contribution < 1.29 is 23.6 Å². The molecule has 0 spiro atoms. The summed E-state index contributed by atoms with van der Waals surface area (Å²) >= 11 is 0. The predicted octanol–water partition coefficient (Wildman–Crippen LogP) is 5.79. The van der Waals surface area contributed by atoms with Gasteiger partial charge in [-0.3, -0.25) is 4.79 Å². The summed E-state index contributed by atoms with van der Waals surface area (Å²) in [4.78, 5) is 17.1. The Kier molecular flexibility index (Phi) is 8.27. The molecule has 178 valence electrons. The lowest BCUT2D eigenvalue weighted by atomic mass is 10.1. The van der Waals surface area contributed by atoms with Crippen LogP contribution in [-0.4, -0.2) is 23.9 Å². The standard InChI is InChI=1S/C28H26N2O5/c1-32-28(31)17-16-26(22-8-4-2-5-9-22)29-34-19-21-12-14-24(15-13-21)33-20-25-18-27(30-35-25)23-10-6-3-7-11-23/h2-15,18H,16-17,19-20H2,1H3/b29-26-. The van der Waals surface area contributed by atoms with Gasteiger partial charge in [-0.1, -0.05) is 83.1 Å². The van der Waals surface area contributed by atoms with E-state index in [1.54, 1.807) is 0 Å². The Hall–Kier alpha value is -4.39. The summed E-state index contributed by atoms with van der Waals surface area (Å²) in [5, 5.41) is 8.38. The van der Waals surface area contributed by atoms with Crippen molar-refractivity contribution in [1.82, 2.24) is 5.16 Å². The van der Waals surface area contributed by atoms with E-state index in [1.165, 1.54) is 7.11 Å². The Bertz CT molecular complexity index is 1240.